The molecule has 1 amide bonds. The van der Waals surface area contributed by atoms with Crippen LogP contribution in [-0.4, -0.2) is 21.5 Å². The largest absolute Gasteiger partial charge is 0.352 e. The number of carbonyl (C=O) groups excluding carboxylic acids is 1. The lowest BCUT2D eigenvalue weighted by Gasteiger charge is -2.19. The normalized spacial score (nSPS) is 14.9. The molecule has 1 heterocycles. The average molecular weight is 349 g/mol. The number of hydrogen-bond donors (Lipinski definition) is 2. The third-order valence-corrected chi connectivity index (χ3v) is 4.65. The van der Waals surface area contributed by atoms with E-state index >= 15 is 0 Å². The van der Waals surface area contributed by atoms with Crippen LogP contribution in [0.25, 0.3) is 10.9 Å². The quantitative estimate of drug-likeness (QED) is 0.736. The molecule has 0 aliphatic heterocycles. The first kappa shape index (κ1) is 16.3. The van der Waals surface area contributed by atoms with E-state index in [-0.39, 0.29) is 18.4 Å². The molecule has 1 aliphatic rings. The van der Waals surface area contributed by atoms with Gasteiger partial charge in [0, 0.05) is 12.5 Å². The number of aromatic amines is 1. The van der Waals surface area contributed by atoms with E-state index in [1.165, 1.54) is 0 Å². The fourth-order valence-electron chi connectivity index (χ4n) is 3.12. The maximum atomic E-state index is 12.9. The zero-order valence-electron chi connectivity index (χ0n) is 14.1. The molecule has 1 fully saturated rings. The predicted octanol–water partition coefficient (Wildman–Crippen LogP) is 1.75. The van der Waals surface area contributed by atoms with Crippen molar-refractivity contribution < 1.29 is 4.79 Å². The SMILES string of the molecule is O=C(NC1CC1)C(Cc1ccccc1)n1c(=O)[nH]c2ccccc2c1=O. The molecule has 26 heavy (non-hydrogen) atoms. The molecule has 2 N–H and O–H groups in total. The second-order valence-electron chi connectivity index (χ2n) is 6.64. The van der Waals surface area contributed by atoms with Crippen molar-refractivity contribution in [1.82, 2.24) is 14.9 Å². The van der Waals surface area contributed by atoms with Gasteiger partial charge in [-0.2, -0.15) is 0 Å². The summed E-state index contributed by atoms with van der Waals surface area (Å²) in [4.78, 5) is 41.1. The second kappa shape index (κ2) is 6.63. The summed E-state index contributed by atoms with van der Waals surface area (Å²) < 4.78 is 1.05. The van der Waals surface area contributed by atoms with Crippen LogP contribution in [0.3, 0.4) is 0 Å². The number of fused-ring (bicyclic) bond motifs is 1. The van der Waals surface area contributed by atoms with E-state index in [0.717, 1.165) is 23.0 Å². The van der Waals surface area contributed by atoms with Crippen LogP contribution in [-0.2, 0) is 11.2 Å². The molecule has 0 radical (unpaired) electrons. The van der Waals surface area contributed by atoms with Crippen molar-refractivity contribution in [2.45, 2.75) is 31.3 Å². The van der Waals surface area contributed by atoms with Gasteiger partial charge in [-0.3, -0.25) is 9.59 Å². The molecular formula is C20H19N3O3. The van der Waals surface area contributed by atoms with Gasteiger partial charge in [0.25, 0.3) is 5.56 Å². The Hall–Kier alpha value is -3.15. The molecule has 1 unspecified atom stereocenters. The highest BCUT2D eigenvalue weighted by Crippen LogP contribution is 2.21. The number of hydrogen-bond acceptors (Lipinski definition) is 3. The molecule has 1 aliphatic carbocycles. The Morgan fingerprint density at radius 2 is 1.77 bits per heavy atom. The van der Waals surface area contributed by atoms with Gasteiger partial charge in [-0.25, -0.2) is 9.36 Å². The summed E-state index contributed by atoms with van der Waals surface area (Å²) >= 11 is 0. The maximum absolute atomic E-state index is 12.9. The molecule has 2 aromatic carbocycles. The monoisotopic (exact) mass is 349 g/mol. The molecule has 132 valence electrons. The fourth-order valence-corrected chi connectivity index (χ4v) is 3.12. The van der Waals surface area contributed by atoms with E-state index in [1.807, 2.05) is 30.3 Å². The maximum Gasteiger partial charge on any atom is 0.329 e. The van der Waals surface area contributed by atoms with E-state index in [0.29, 0.717) is 10.9 Å². The minimum Gasteiger partial charge on any atom is -0.352 e. The average Bonchev–Trinajstić information content (AvgIpc) is 3.45. The first-order valence-electron chi connectivity index (χ1n) is 8.71. The molecule has 1 atom stereocenters. The summed E-state index contributed by atoms with van der Waals surface area (Å²) in [6.45, 7) is 0. The van der Waals surface area contributed by atoms with Crippen LogP contribution >= 0.6 is 0 Å². The van der Waals surface area contributed by atoms with Crippen LogP contribution in [0, 0.1) is 0 Å². The molecule has 1 saturated carbocycles. The Bertz CT molecular complexity index is 1060. The van der Waals surface area contributed by atoms with Crippen LogP contribution < -0.4 is 16.6 Å². The molecule has 0 spiro atoms. The Labute approximate surface area is 149 Å². The van der Waals surface area contributed by atoms with Crippen LogP contribution in [0.4, 0.5) is 0 Å². The standard InChI is InChI=1S/C20H19N3O3/c24-18(21-14-10-11-14)17(12-13-6-2-1-3-7-13)23-19(25)15-8-4-5-9-16(15)22-20(23)26/h1-9,14,17H,10-12H2,(H,21,24)(H,22,26). The van der Waals surface area contributed by atoms with Crippen LogP contribution in [0.5, 0.6) is 0 Å². The highest BCUT2D eigenvalue weighted by Gasteiger charge is 2.30. The number of benzene rings is 2. The van der Waals surface area contributed by atoms with Crippen molar-refractivity contribution >= 4 is 16.8 Å². The molecule has 3 aromatic rings. The Kier molecular flexibility index (Phi) is 4.16. The van der Waals surface area contributed by atoms with Crippen molar-refractivity contribution in [3.8, 4) is 0 Å². The number of amides is 1. The van der Waals surface area contributed by atoms with Gasteiger partial charge in [0.05, 0.1) is 10.9 Å². The van der Waals surface area contributed by atoms with Crippen LogP contribution in [0.1, 0.15) is 24.4 Å². The highest BCUT2D eigenvalue weighted by atomic mass is 16.2. The summed E-state index contributed by atoms with van der Waals surface area (Å²) in [6, 6.07) is 15.5. The molecule has 0 bridgehead atoms. The molecule has 6 heteroatoms. The third kappa shape index (κ3) is 3.18. The van der Waals surface area contributed by atoms with Crippen molar-refractivity contribution in [1.29, 1.82) is 0 Å². The first-order valence-corrected chi connectivity index (χ1v) is 8.71. The van der Waals surface area contributed by atoms with E-state index in [2.05, 4.69) is 10.3 Å². The number of nitrogens with one attached hydrogen (secondary N) is 2. The summed E-state index contributed by atoms with van der Waals surface area (Å²) in [5.41, 5.74) is 0.347. The van der Waals surface area contributed by atoms with Gasteiger partial charge in [0.15, 0.2) is 0 Å². The summed E-state index contributed by atoms with van der Waals surface area (Å²) in [5.74, 6) is -0.292. The van der Waals surface area contributed by atoms with Crippen LogP contribution in [0.2, 0.25) is 0 Å². The number of H-pyrrole nitrogens is 1. The summed E-state index contributed by atoms with van der Waals surface area (Å²) in [7, 11) is 0. The number of rotatable bonds is 5. The first-order chi connectivity index (χ1) is 12.6. The number of para-hydroxylation sites is 1. The lowest BCUT2D eigenvalue weighted by atomic mass is 10.0. The van der Waals surface area contributed by atoms with E-state index < -0.39 is 17.3 Å². The van der Waals surface area contributed by atoms with Crippen molar-refractivity contribution in [3.05, 3.63) is 81.0 Å². The van der Waals surface area contributed by atoms with Gasteiger partial charge in [-0.15, -0.1) is 0 Å². The molecular weight excluding hydrogens is 330 g/mol. The van der Waals surface area contributed by atoms with Crippen molar-refractivity contribution in [2.75, 3.05) is 0 Å². The zero-order chi connectivity index (χ0) is 18.1. The predicted molar refractivity (Wildman–Crippen MR) is 99.2 cm³/mol. The molecule has 4 rings (SSSR count). The molecule has 0 saturated heterocycles. The number of nitrogens with zero attached hydrogens (tertiary/aromatic N) is 1. The zero-order valence-corrected chi connectivity index (χ0v) is 14.1. The Morgan fingerprint density at radius 1 is 1.08 bits per heavy atom. The van der Waals surface area contributed by atoms with Crippen molar-refractivity contribution in [2.24, 2.45) is 0 Å². The van der Waals surface area contributed by atoms with E-state index in [1.54, 1.807) is 24.3 Å². The van der Waals surface area contributed by atoms with Gasteiger partial charge in [0.1, 0.15) is 6.04 Å². The number of carbonyl (C=O) groups is 1. The minimum absolute atomic E-state index is 0.149. The minimum atomic E-state index is -0.890. The van der Waals surface area contributed by atoms with Gasteiger partial charge in [0.2, 0.25) is 5.91 Å². The second-order valence-corrected chi connectivity index (χ2v) is 6.64. The summed E-state index contributed by atoms with van der Waals surface area (Å²) in [5, 5.41) is 3.32. The summed E-state index contributed by atoms with van der Waals surface area (Å²) in [6.07, 6.45) is 2.15. The van der Waals surface area contributed by atoms with Crippen LogP contribution in [0.15, 0.2) is 64.2 Å². The van der Waals surface area contributed by atoms with Gasteiger partial charge >= 0.3 is 5.69 Å². The van der Waals surface area contributed by atoms with E-state index in [9.17, 15) is 14.4 Å². The lowest BCUT2D eigenvalue weighted by molar-refractivity contribution is -0.124. The Morgan fingerprint density at radius 3 is 2.50 bits per heavy atom. The Balaban J connectivity index is 1.82. The lowest BCUT2D eigenvalue weighted by Crippen LogP contribution is -2.45. The van der Waals surface area contributed by atoms with Gasteiger partial charge in [-0.05, 0) is 30.5 Å². The highest BCUT2D eigenvalue weighted by molar-refractivity contribution is 5.82. The van der Waals surface area contributed by atoms with E-state index in [4.69, 9.17) is 0 Å². The topological polar surface area (TPSA) is 84.0 Å². The number of aromatic nitrogens is 2. The van der Waals surface area contributed by atoms with Gasteiger partial charge < -0.3 is 10.3 Å². The smallest absolute Gasteiger partial charge is 0.329 e. The van der Waals surface area contributed by atoms with Crippen molar-refractivity contribution in [3.63, 3.8) is 0 Å². The van der Waals surface area contributed by atoms with Gasteiger partial charge in [-0.1, -0.05) is 42.5 Å². The molecule has 1 aromatic heterocycles. The fraction of sp³-hybridized carbons (Fsp3) is 0.250. The third-order valence-electron chi connectivity index (χ3n) is 4.65. The molecule has 6 nitrogen and oxygen atoms in total.